The number of allylic oxidation sites excluding steroid dienone is 1. The minimum Gasteiger partial charge on any atom is -0.494 e. The van der Waals surface area contributed by atoms with Gasteiger partial charge in [-0.1, -0.05) is 67.6 Å². The summed E-state index contributed by atoms with van der Waals surface area (Å²) in [6.07, 6.45) is 4.35. The molecule has 1 unspecified atom stereocenters. The lowest BCUT2D eigenvalue weighted by Crippen LogP contribution is -2.26. The molecule has 0 fully saturated rings. The molecule has 0 bridgehead atoms. The number of unbranched alkanes of at least 4 members (excludes halogenated alkanes) is 1. The molecule has 35 heavy (non-hydrogen) atoms. The van der Waals surface area contributed by atoms with Crippen LogP contribution in [-0.4, -0.2) is 30.4 Å². The first-order valence-electron chi connectivity index (χ1n) is 12.2. The Bertz CT molecular complexity index is 1100. The van der Waals surface area contributed by atoms with E-state index in [-0.39, 0.29) is 0 Å². The molecule has 0 saturated carbocycles. The zero-order valence-electron chi connectivity index (χ0n) is 20.1. The van der Waals surface area contributed by atoms with E-state index < -0.39 is 12.1 Å². The lowest BCUT2D eigenvalue weighted by Gasteiger charge is -2.13. The molecule has 182 valence electrons. The Balaban J connectivity index is 1.33. The Labute approximate surface area is 207 Å². The Morgan fingerprint density at radius 2 is 1.74 bits per heavy atom. The van der Waals surface area contributed by atoms with Gasteiger partial charge in [0.2, 0.25) is 0 Å². The Morgan fingerprint density at radius 3 is 2.51 bits per heavy atom. The number of carboxylic acids is 1. The molecule has 0 aromatic heterocycles. The quantitative estimate of drug-likeness (QED) is 0.332. The molecule has 5 nitrogen and oxygen atoms in total. The van der Waals surface area contributed by atoms with E-state index in [1.807, 2.05) is 49.4 Å². The summed E-state index contributed by atoms with van der Waals surface area (Å²) in [5.41, 5.74) is 5.65. The van der Waals surface area contributed by atoms with Crippen LogP contribution in [0.5, 0.6) is 11.5 Å². The predicted octanol–water partition coefficient (Wildman–Crippen LogP) is 6.29. The van der Waals surface area contributed by atoms with Gasteiger partial charge in [-0.15, -0.1) is 0 Å². The van der Waals surface area contributed by atoms with Gasteiger partial charge in [-0.3, -0.25) is 0 Å². The van der Waals surface area contributed by atoms with Crippen molar-refractivity contribution in [3.63, 3.8) is 0 Å². The Kier molecular flexibility index (Phi) is 8.58. The van der Waals surface area contributed by atoms with Crippen molar-refractivity contribution in [2.24, 2.45) is 0 Å². The summed E-state index contributed by atoms with van der Waals surface area (Å²) in [5, 5.41) is 9.34. The van der Waals surface area contributed by atoms with Gasteiger partial charge in [-0.2, -0.15) is 0 Å². The molecular formula is C30H32O5. The van der Waals surface area contributed by atoms with Gasteiger partial charge in [-0.05, 0) is 59.7 Å². The molecule has 3 aromatic rings. The molecule has 1 N–H and O–H groups in total. The van der Waals surface area contributed by atoms with E-state index >= 15 is 0 Å². The van der Waals surface area contributed by atoms with E-state index in [4.69, 9.17) is 14.2 Å². The number of benzene rings is 3. The molecule has 1 atom stereocenters. The molecule has 0 radical (unpaired) electrons. The summed E-state index contributed by atoms with van der Waals surface area (Å²) in [4.78, 5) is 11.4. The van der Waals surface area contributed by atoms with E-state index in [9.17, 15) is 9.90 Å². The average molecular weight is 473 g/mol. The third-order valence-electron chi connectivity index (χ3n) is 5.98. The van der Waals surface area contributed by atoms with Crippen LogP contribution < -0.4 is 9.47 Å². The fraction of sp³-hybridized carbons (Fsp3) is 0.300. The Morgan fingerprint density at radius 1 is 1.00 bits per heavy atom. The minimum absolute atomic E-state index is 0.343. The van der Waals surface area contributed by atoms with Gasteiger partial charge < -0.3 is 19.3 Å². The summed E-state index contributed by atoms with van der Waals surface area (Å²) in [6, 6.07) is 24.2. The lowest BCUT2D eigenvalue weighted by molar-refractivity contribution is -0.150. The summed E-state index contributed by atoms with van der Waals surface area (Å²) < 4.78 is 17.4. The highest BCUT2D eigenvalue weighted by atomic mass is 16.5. The first-order chi connectivity index (χ1) is 17.2. The van der Waals surface area contributed by atoms with Crippen LogP contribution in [0.4, 0.5) is 0 Å². The third kappa shape index (κ3) is 6.52. The van der Waals surface area contributed by atoms with Crippen molar-refractivity contribution in [1.82, 2.24) is 0 Å². The van der Waals surface area contributed by atoms with Crippen molar-refractivity contribution in [2.45, 2.75) is 45.3 Å². The number of aliphatic carboxylic acids is 1. The van der Waals surface area contributed by atoms with Crippen molar-refractivity contribution < 1.29 is 24.1 Å². The maximum atomic E-state index is 11.4. The molecular weight excluding hydrogens is 440 g/mol. The van der Waals surface area contributed by atoms with Crippen molar-refractivity contribution >= 4 is 11.5 Å². The average Bonchev–Trinajstić information content (AvgIpc) is 3.04. The highest BCUT2D eigenvalue weighted by Crippen LogP contribution is 2.36. The molecule has 0 amide bonds. The predicted molar refractivity (Wildman–Crippen MR) is 137 cm³/mol. The largest absolute Gasteiger partial charge is 0.494 e. The first-order valence-corrected chi connectivity index (χ1v) is 12.2. The molecule has 1 aliphatic heterocycles. The topological polar surface area (TPSA) is 65.0 Å². The zero-order valence-corrected chi connectivity index (χ0v) is 20.1. The lowest BCUT2D eigenvalue weighted by atomic mass is 9.93. The summed E-state index contributed by atoms with van der Waals surface area (Å²) in [6.45, 7) is 3.57. The van der Waals surface area contributed by atoms with Crippen molar-refractivity contribution in [3.05, 3.63) is 101 Å². The maximum absolute atomic E-state index is 11.4. The highest BCUT2D eigenvalue weighted by Gasteiger charge is 2.19. The van der Waals surface area contributed by atoms with Gasteiger partial charge in [0.1, 0.15) is 18.1 Å². The monoisotopic (exact) mass is 472 g/mol. The molecule has 1 heterocycles. The van der Waals surface area contributed by atoms with Gasteiger partial charge in [0.15, 0.2) is 6.10 Å². The SMILES string of the molecule is CCCOC(Cc1ccc(OCCCC=C2c3ccccc3COc3ccccc32)cc1)C(=O)O. The number of para-hydroxylation sites is 1. The van der Waals surface area contributed by atoms with Crippen LogP contribution in [0.15, 0.2) is 78.9 Å². The van der Waals surface area contributed by atoms with Gasteiger partial charge in [0.05, 0.1) is 6.61 Å². The molecule has 5 heteroatoms. The van der Waals surface area contributed by atoms with E-state index in [0.29, 0.717) is 26.2 Å². The molecule has 0 aliphatic carbocycles. The van der Waals surface area contributed by atoms with E-state index in [0.717, 1.165) is 41.9 Å². The minimum atomic E-state index is -0.932. The van der Waals surface area contributed by atoms with E-state index in [1.54, 1.807) is 0 Å². The van der Waals surface area contributed by atoms with Crippen LogP contribution in [0, 0.1) is 0 Å². The highest BCUT2D eigenvalue weighted by molar-refractivity contribution is 5.84. The second-order valence-electron chi connectivity index (χ2n) is 8.60. The second kappa shape index (κ2) is 12.2. The van der Waals surface area contributed by atoms with Crippen molar-refractivity contribution in [1.29, 1.82) is 0 Å². The van der Waals surface area contributed by atoms with Crippen LogP contribution in [-0.2, 0) is 22.6 Å². The Hall–Kier alpha value is -3.57. The normalized spacial score (nSPS) is 14.4. The molecule has 0 spiro atoms. The zero-order chi connectivity index (χ0) is 24.5. The van der Waals surface area contributed by atoms with Crippen molar-refractivity contribution in [3.8, 4) is 11.5 Å². The number of rotatable bonds is 11. The van der Waals surface area contributed by atoms with Crippen LogP contribution in [0.2, 0.25) is 0 Å². The van der Waals surface area contributed by atoms with Crippen LogP contribution >= 0.6 is 0 Å². The van der Waals surface area contributed by atoms with Gasteiger partial charge >= 0.3 is 5.97 Å². The van der Waals surface area contributed by atoms with Crippen molar-refractivity contribution in [2.75, 3.05) is 13.2 Å². The number of carboxylic acid groups (broad SMARTS) is 1. The summed E-state index contributed by atoms with van der Waals surface area (Å²) >= 11 is 0. The van der Waals surface area contributed by atoms with Gasteiger partial charge in [0, 0.05) is 18.6 Å². The van der Waals surface area contributed by atoms with E-state index in [1.165, 1.54) is 16.7 Å². The second-order valence-corrected chi connectivity index (χ2v) is 8.60. The standard InChI is InChI=1S/C30H32O5/c1-2-18-34-29(30(31)32)20-22-14-16-24(17-15-22)33-19-8-7-11-26-25-10-4-3-9-23(25)21-35-28-13-6-5-12-27(26)28/h3-6,9-17,29H,2,7-8,18-21H2,1H3,(H,31,32). The summed E-state index contributed by atoms with van der Waals surface area (Å²) in [7, 11) is 0. The van der Waals surface area contributed by atoms with Gasteiger partial charge in [-0.25, -0.2) is 4.79 Å². The number of fused-ring (bicyclic) bond motifs is 2. The maximum Gasteiger partial charge on any atom is 0.333 e. The van der Waals surface area contributed by atoms with Crippen LogP contribution in [0.1, 0.15) is 48.4 Å². The molecule has 1 aliphatic rings. The van der Waals surface area contributed by atoms with Crippen LogP contribution in [0.3, 0.4) is 0 Å². The smallest absolute Gasteiger partial charge is 0.333 e. The fourth-order valence-corrected chi connectivity index (χ4v) is 4.18. The van der Waals surface area contributed by atoms with E-state index in [2.05, 4.69) is 36.4 Å². The fourth-order valence-electron chi connectivity index (χ4n) is 4.18. The van der Waals surface area contributed by atoms with Crippen LogP contribution in [0.25, 0.3) is 5.57 Å². The number of ether oxygens (including phenoxy) is 3. The molecule has 3 aromatic carbocycles. The number of hydrogen-bond acceptors (Lipinski definition) is 4. The number of hydrogen-bond donors (Lipinski definition) is 1. The molecule has 4 rings (SSSR count). The third-order valence-corrected chi connectivity index (χ3v) is 5.98. The number of carbonyl (C=O) groups is 1. The molecule has 0 saturated heterocycles. The first kappa shape index (κ1) is 24.6. The van der Waals surface area contributed by atoms with Gasteiger partial charge in [0.25, 0.3) is 0 Å². The summed E-state index contributed by atoms with van der Waals surface area (Å²) in [5.74, 6) is 0.760.